The summed E-state index contributed by atoms with van der Waals surface area (Å²) in [5, 5.41) is 8.03. The molecule has 0 aromatic rings. The zero-order valence-corrected chi connectivity index (χ0v) is 12.2. The average Bonchev–Trinajstić information content (AvgIpc) is 2.48. The maximum atomic E-state index is 11.7. The number of hydrazine groups is 1. The number of fused-ring (bicyclic) bond motifs is 3. The molecule has 2 unspecified atom stereocenters. The Morgan fingerprint density at radius 3 is 3.00 bits per heavy atom. The third-order valence-corrected chi connectivity index (χ3v) is 4.45. The van der Waals surface area contributed by atoms with Crippen LogP contribution >= 0.6 is 0 Å². The van der Waals surface area contributed by atoms with E-state index in [9.17, 15) is 4.91 Å². The number of piperidine rings is 1. The lowest BCUT2D eigenvalue weighted by Crippen LogP contribution is -2.56. The fourth-order valence-corrected chi connectivity index (χ4v) is 3.43. The first-order valence-electron chi connectivity index (χ1n) is 7.53. The van der Waals surface area contributed by atoms with Gasteiger partial charge in [-0.2, -0.15) is 0 Å². The summed E-state index contributed by atoms with van der Waals surface area (Å²) in [4.78, 5) is 11.7. The van der Waals surface area contributed by atoms with Crippen molar-refractivity contribution in [1.82, 2.24) is 15.3 Å². The first-order chi connectivity index (χ1) is 9.74. The Morgan fingerprint density at radius 1 is 1.45 bits per heavy atom. The van der Waals surface area contributed by atoms with Crippen LogP contribution in [-0.2, 0) is 0 Å². The number of nitrogens with zero attached hydrogens (tertiary/aromatic N) is 3. The minimum atomic E-state index is 0.201. The SMILES string of the molecule is CCN(CC)N1C=C2C[N+](=O)CCC2C2=CC=CNC21. The Kier molecular flexibility index (Phi) is 3.61. The van der Waals surface area contributed by atoms with E-state index in [2.05, 4.69) is 47.5 Å². The van der Waals surface area contributed by atoms with Crippen LogP contribution in [-0.4, -0.2) is 47.1 Å². The van der Waals surface area contributed by atoms with Gasteiger partial charge in [-0.15, -0.1) is 0 Å². The van der Waals surface area contributed by atoms with Gasteiger partial charge in [-0.3, -0.25) is 5.01 Å². The molecule has 3 rings (SSSR count). The molecule has 0 saturated carbocycles. The van der Waals surface area contributed by atoms with Crippen molar-refractivity contribution in [3.63, 3.8) is 0 Å². The number of dihydropyridines is 1. The number of nitroso groups, excluding NO2 is 1. The molecular formula is C15H23N4O+. The van der Waals surface area contributed by atoms with Gasteiger partial charge in [-0.25, -0.2) is 5.01 Å². The van der Waals surface area contributed by atoms with Crippen LogP contribution in [0, 0.1) is 10.8 Å². The third kappa shape index (κ3) is 2.16. The Labute approximate surface area is 120 Å². The van der Waals surface area contributed by atoms with Crippen LogP contribution in [0.5, 0.6) is 0 Å². The fraction of sp³-hybridized carbons (Fsp3) is 0.600. The summed E-state index contributed by atoms with van der Waals surface area (Å²) >= 11 is 0. The number of hydrogen-bond acceptors (Lipinski definition) is 4. The first kappa shape index (κ1) is 13.4. The second-order valence-corrected chi connectivity index (χ2v) is 5.52. The highest BCUT2D eigenvalue weighted by atomic mass is 16.3. The molecule has 5 heteroatoms. The van der Waals surface area contributed by atoms with Crippen molar-refractivity contribution in [2.24, 2.45) is 5.92 Å². The van der Waals surface area contributed by atoms with Crippen molar-refractivity contribution in [3.05, 3.63) is 40.6 Å². The van der Waals surface area contributed by atoms with Crippen molar-refractivity contribution < 1.29 is 4.76 Å². The summed E-state index contributed by atoms with van der Waals surface area (Å²) in [7, 11) is 0. The first-order valence-corrected chi connectivity index (χ1v) is 7.53. The molecule has 0 radical (unpaired) electrons. The molecule has 0 aromatic carbocycles. The predicted octanol–water partition coefficient (Wildman–Crippen LogP) is 1.61. The zero-order valence-electron chi connectivity index (χ0n) is 12.2. The van der Waals surface area contributed by atoms with Gasteiger partial charge in [0.2, 0.25) is 6.54 Å². The van der Waals surface area contributed by atoms with E-state index >= 15 is 0 Å². The van der Waals surface area contributed by atoms with E-state index in [1.165, 1.54) is 15.9 Å². The molecule has 20 heavy (non-hydrogen) atoms. The normalized spacial score (nSPS) is 28.6. The molecule has 108 valence electrons. The summed E-state index contributed by atoms with van der Waals surface area (Å²) in [5.41, 5.74) is 2.64. The van der Waals surface area contributed by atoms with Gasteiger partial charge < -0.3 is 5.32 Å². The number of allylic oxidation sites excluding steroid dienone is 2. The molecular weight excluding hydrogens is 252 g/mol. The van der Waals surface area contributed by atoms with Crippen molar-refractivity contribution in [2.75, 3.05) is 26.2 Å². The van der Waals surface area contributed by atoms with Gasteiger partial charge in [0.1, 0.15) is 6.17 Å². The lowest BCUT2D eigenvalue weighted by Gasteiger charge is -2.46. The lowest BCUT2D eigenvalue weighted by atomic mass is 9.81. The van der Waals surface area contributed by atoms with Gasteiger partial charge in [0, 0.05) is 46.9 Å². The molecule has 0 bridgehead atoms. The van der Waals surface area contributed by atoms with E-state index < -0.39 is 0 Å². The van der Waals surface area contributed by atoms with Crippen molar-refractivity contribution in [2.45, 2.75) is 26.4 Å². The van der Waals surface area contributed by atoms with E-state index in [0.29, 0.717) is 19.0 Å². The molecule has 0 amide bonds. The number of hydrogen-bond donors (Lipinski definition) is 1. The summed E-state index contributed by atoms with van der Waals surface area (Å²) in [6.45, 7) is 7.42. The van der Waals surface area contributed by atoms with Crippen LogP contribution in [0.15, 0.2) is 35.7 Å². The van der Waals surface area contributed by atoms with Crippen molar-refractivity contribution in [1.29, 1.82) is 0 Å². The van der Waals surface area contributed by atoms with Crippen LogP contribution in [0.25, 0.3) is 0 Å². The van der Waals surface area contributed by atoms with Crippen LogP contribution in [0.3, 0.4) is 0 Å². The monoisotopic (exact) mass is 275 g/mol. The standard InChI is InChI=1S/C15H23N4O/c1-3-17(4-2)19-11-12-10-18(20)9-7-13(12)14-6-5-8-16-15(14)19/h5-6,8,11,13,15-16H,3-4,7,9-10H2,1-2H3/q+1. The second kappa shape index (κ2) is 5.40. The third-order valence-electron chi connectivity index (χ3n) is 4.45. The molecule has 0 spiro atoms. The van der Waals surface area contributed by atoms with Gasteiger partial charge in [0.25, 0.3) is 0 Å². The molecule has 3 aliphatic heterocycles. The number of nitrogens with one attached hydrogen (secondary N) is 1. The highest BCUT2D eigenvalue weighted by molar-refractivity contribution is 5.35. The van der Waals surface area contributed by atoms with E-state index in [4.69, 9.17) is 0 Å². The second-order valence-electron chi connectivity index (χ2n) is 5.52. The Hall–Kier alpha value is -1.62. The molecule has 1 N–H and O–H groups in total. The zero-order chi connectivity index (χ0) is 14.1. The maximum absolute atomic E-state index is 11.7. The maximum Gasteiger partial charge on any atom is 0.215 e. The van der Waals surface area contributed by atoms with E-state index in [-0.39, 0.29) is 6.17 Å². The molecule has 0 aliphatic carbocycles. The van der Waals surface area contributed by atoms with Gasteiger partial charge in [-0.05, 0) is 17.8 Å². The lowest BCUT2D eigenvalue weighted by molar-refractivity contribution is -0.549. The largest absolute Gasteiger partial charge is 0.367 e. The molecule has 1 saturated heterocycles. The molecule has 3 heterocycles. The minimum Gasteiger partial charge on any atom is -0.367 e. The summed E-state index contributed by atoms with van der Waals surface area (Å²) < 4.78 is 1.18. The van der Waals surface area contributed by atoms with Crippen LogP contribution in [0.2, 0.25) is 0 Å². The molecule has 3 aliphatic rings. The Balaban J connectivity index is 1.98. The van der Waals surface area contributed by atoms with Gasteiger partial charge in [0.15, 0.2) is 6.54 Å². The molecule has 0 aromatic heterocycles. The summed E-state index contributed by atoms with van der Waals surface area (Å²) in [6, 6.07) is 0. The highest BCUT2D eigenvalue weighted by Gasteiger charge is 2.41. The number of rotatable bonds is 3. The average molecular weight is 275 g/mol. The van der Waals surface area contributed by atoms with E-state index in [1.54, 1.807) is 0 Å². The molecule has 1 fully saturated rings. The van der Waals surface area contributed by atoms with Crippen molar-refractivity contribution >= 4 is 0 Å². The smallest absolute Gasteiger partial charge is 0.215 e. The quantitative estimate of drug-likeness (QED) is 0.794. The predicted molar refractivity (Wildman–Crippen MR) is 78.5 cm³/mol. The van der Waals surface area contributed by atoms with E-state index in [1.807, 2.05) is 6.20 Å². The molecule has 2 atom stereocenters. The fourth-order valence-electron chi connectivity index (χ4n) is 3.43. The summed E-state index contributed by atoms with van der Waals surface area (Å²) in [5.74, 6) is 0.425. The highest BCUT2D eigenvalue weighted by Crippen LogP contribution is 2.37. The summed E-state index contributed by atoms with van der Waals surface area (Å²) in [6.07, 6.45) is 9.61. The van der Waals surface area contributed by atoms with Gasteiger partial charge in [0.05, 0.1) is 0 Å². The Bertz CT molecular complexity index is 490. The minimum absolute atomic E-state index is 0.201. The Morgan fingerprint density at radius 2 is 2.25 bits per heavy atom. The van der Waals surface area contributed by atoms with Crippen LogP contribution < -0.4 is 5.32 Å². The van der Waals surface area contributed by atoms with Crippen molar-refractivity contribution in [3.8, 4) is 0 Å². The molecule has 5 nitrogen and oxygen atoms in total. The van der Waals surface area contributed by atoms with E-state index in [0.717, 1.165) is 19.5 Å². The van der Waals surface area contributed by atoms with Crippen LogP contribution in [0.4, 0.5) is 0 Å². The van der Waals surface area contributed by atoms with Gasteiger partial charge in [-0.1, -0.05) is 19.9 Å². The van der Waals surface area contributed by atoms with Gasteiger partial charge >= 0.3 is 0 Å². The van der Waals surface area contributed by atoms with Crippen LogP contribution in [0.1, 0.15) is 20.3 Å². The topological polar surface area (TPSA) is 38.6 Å².